The molecule has 3 nitrogen and oxygen atoms in total. The molecule has 2 rings (SSSR count). The number of fused-ring (bicyclic) bond motifs is 1. The summed E-state index contributed by atoms with van der Waals surface area (Å²) in [6, 6.07) is 6.72. The highest BCUT2D eigenvalue weighted by molar-refractivity contribution is 7.98. The van der Waals surface area contributed by atoms with Gasteiger partial charge < -0.3 is 10.6 Å². The number of carbonyl (C=O) groups is 1. The van der Waals surface area contributed by atoms with Crippen molar-refractivity contribution in [3.8, 4) is 0 Å². The molecule has 0 fully saturated rings. The molecule has 1 atom stereocenters. The molecule has 0 spiro atoms. The molecular weight excluding hydrogens is 232 g/mol. The highest BCUT2D eigenvalue weighted by atomic mass is 32.2. The maximum atomic E-state index is 11.3. The first-order valence-corrected chi connectivity index (χ1v) is 7.23. The number of aryl methyl sites for hydroxylation is 1. The van der Waals surface area contributed by atoms with E-state index in [1.807, 2.05) is 24.9 Å². The number of benzene rings is 1. The molecule has 1 aromatic carbocycles. The monoisotopic (exact) mass is 250 g/mol. The van der Waals surface area contributed by atoms with Crippen molar-refractivity contribution in [3.63, 3.8) is 0 Å². The van der Waals surface area contributed by atoms with Crippen LogP contribution >= 0.6 is 11.8 Å². The van der Waals surface area contributed by atoms with Gasteiger partial charge in [-0.3, -0.25) is 4.79 Å². The van der Waals surface area contributed by atoms with Crippen LogP contribution in [0.3, 0.4) is 0 Å². The second kappa shape index (κ2) is 5.56. The molecule has 2 N–H and O–H groups in total. The first-order chi connectivity index (χ1) is 8.24. The summed E-state index contributed by atoms with van der Waals surface area (Å²) in [4.78, 5) is 11.3. The summed E-state index contributed by atoms with van der Waals surface area (Å²) in [5, 5.41) is 6.24. The lowest BCUT2D eigenvalue weighted by Crippen LogP contribution is -2.21. The third-order valence-electron chi connectivity index (χ3n) is 3.11. The molecule has 1 heterocycles. The summed E-state index contributed by atoms with van der Waals surface area (Å²) in [5.41, 5.74) is 3.53. The van der Waals surface area contributed by atoms with Gasteiger partial charge in [0.1, 0.15) is 0 Å². The first-order valence-electron chi connectivity index (χ1n) is 5.83. The van der Waals surface area contributed by atoms with Crippen molar-refractivity contribution in [2.75, 3.05) is 24.4 Å². The number of carbonyl (C=O) groups excluding carboxylic acids is 1. The first kappa shape index (κ1) is 12.5. The molecule has 1 aromatic rings. The molecule has 17 heavy (non-hydrogen) atoms. The van der Waals surface area contributed by atoms with Crippen molar-refractivity contribution in [2.45, 2.75) is 18.9 Å². The third-order valence-corrected chi connectivity index (χ3v) is 3.78. The summed E-state index contributed by atoms with van der Waals surface area (Å²) in [7, 11) is 1.99. The Bertz CT molecular complexity index is 420. The van der Waals surface area contributed by atoms with Crippen LogP contribution in [0.5, 0.6) is 0 Å². The number of hydrogen-bond donors (Lipinski definition) is 2. The van der Waals surface area contributed by atoms with Crippen molar-refractivity contribution in [1.82, 2.24) is 5.32 Å². The molecule has 1 unspecified atom stereocenters. The standard InChI is InChI=1S/C13H18N2OS/c1-14-12(8-17-2)10-3-5-11-9(7-10)4-6-13(16)15-11/h3,5,7,12,14H,4,6,8H2,1-2H3,(H,15,16). The van der Waals surface area contributed by atoms with Crippen molar-refractivity contribution >= 4 is 23.4 Å². The van der Waals surface area contributed by atoms with Crippen LogP contribution in [0.1, 0.15) is 23.6 Å². The molecule has 1 aliphatic heterocycles. The largest absolute Gasteiger partial charge is 0.326 e. The fourth-order valence-electron chi connectivity index (χ4n) is 2.13. The Labute approximate surface area is 106 Å². The predicted octanol–water partition coefficient (Wildman–Crippen LogP) is 2.19. The van der Waals surface area contributed by atoms with E-state index in [4.69, 9.17) is 0 Å². The number of hydrogen-bond acceptors (Lipinski definition) is 3. The van der Waals surface area contributed by atoms with E-state index < -0.39 is 0 Å². The Morgan fingerprint density at radius 1 is 1.47 bits per heavy atom. The minimum absolute atomic E-state index is 0.125. The summed E-state index contributed by atoms with van der Waals surface area (Å²) >= 11 is 1.83. The van der Waals surface area contributed by atoms with E-state index in [1.165, 1.54) is 11.1 Å². The molecule has 0 saturated carbocycles. The normalized spacial score (nSPS) is 16.2. The van der Waals surface area contributed by atoms with E-state index >= 15 is 0 Å². The average molecular weight is 250 g/mol. The summed E-state index contributed by atoms with van der Waals surface area (Å²) < 4.78 is 0. The summed E-state index contributed by atoms with van der Waals surface area (Å²) in [6.45, 7) is 0. The fraction of sp³-hybridized carbons (Fsp3) is 0.462. The molecule has 92 valence electrons. The van der Waals surface area contributed by atoms with Gasteiger partial charge in [0.25, 0.3) is 0 Å². The molecular formula is C13H18N2OS. The van der Waals surface area contributed by atoms with Gasteiger partial charge in [0, 0.05) is 23.9 Å². The van der Waals surface area contributed by atoms with Gasteiger partial charge in [0.2, 0.25) is 5.91 Å². The molecule has 0 radical (unpaired) electrons. The Morgan fingerprint density at radius 3 is 3.00 bits per heavy atom. The fourth-order valence-corrected chi connectivity index (χ4v) is 2.83. The van der Waals surface area contributed by atoms with Gasteiger partial charge >= 0.3 is 0 Å². The highest BCUT2D eigenvalue weighted by Gasteiger charge is 2.16. The van der Waals surface area contributed by atoms with Crippen LogP contribution in [0.25, 0.3) is 0 Å². The minimum atomic E-state index is 0.125. The van der Waals surface area contributed by atoms with Crippen LogP contribution in [0, 0.1) is 0 Å². The molecule has 4 heteroatoms. The zero-order valence-electron chi connectivity index (χ0n) is 10.2. The van der Waals surface area contributed by atoms with Crippen LogP contribution in [-0.4, -0.2) is 25.0 Å². The predicted molar refractivity (Wildman–Crippen MR) is 73.6 cm³/mol. The van der Waals surface area contributed by atoms with Gasteiger partial charge in [-0.1, -0.05) is 12.1 Å². The topological polar surface area (TPSA) is 41.1 Å². The van der Waals surface area contributed by atoms with Crippen molar-refractivity contribution in [3.05, 3.63) is 29.3 Å². The zero-order chi connectivity index (χ0) is 12.3. The maximum Gasteiger partial charge on any atom is 0.224 e. The summed E-state index contributed by atoms with van der Waals surface area (Å²) in [6.07, 6.45) is 3.57. The Morgan fingerprint density at radius 2 is 2.29 bits per heavy atom. The van der Waals surface area contributed by atoms with E-state index in [2.05, 4.69) is 29.0 Å². The zero-order valence-corrected chi connectivity index (χ0v) is 11.1. The van der Waals surface area contributed by atoms with Gasteiger partial charge in [-0.25, -0.2) is 0 Å². The van der Waals surface area contributed by atoms with Gasteiger partial charge in [0.15, 0.2) is 0 Å². The van der Waals surface area contributed by atoms with Gasteiger partial charge in [-0.2, -0.15) is 11.8 Å². The molecule has 0 saturated heterocycles. The second-order valence-corrected chi connectivity index (χ2v) is 5.17. The average Bonchev–Trinajstić information content (AvgIpc) is 2.35. The molecule has 1 amide bonds. The highest BCUT2D eigenvalue weighted by Crippen LogP contribution is 2.27. The number of thioether (sulfide) groups is 1. The Kier molecular flexibility index (Phi) is 4.07. The smallest absolute Gasteiger partial charge is 0.224 e. The minimum Gasteiger partial charge on any atom is -0.326 e. The van der Waals surface area contributed by atoms with E-state index in [1.54, 1.807) is 0 Å². The Hall–Kier alpha value is -1.00. The number of nitrogens with one attached hydrogen (secondary N) is 2. The quantitative estimate of drug-likeness (QED) is 0.860. The van der Waals surface area contributed by atoms with Crippen LogP contribution in [-0.2, 0) is 11.2 Å². The van der Waals surface area contributed by atoms with Crippen molar-refractivity contribution in [1.29, 1.82) is 0 Å². The lowest BCUT2D eigenvalue weighted by atomic mass is 9.98. The van der Waals surface area contributed by atoms with Gasteiger partial charge in [-0.05, 0) is 36.9 Å². The molecule has 0 bridgehead atoms. The number of anilines is 1. The summed E-state index contributed by atoms with van der Waals surface area (Å²) in [5.74, 6) is 1.18. The van der Waals surface area contributed by atoms with Crippen LogP contribution in [0.4, 0.5) is 5.69 Å². The van der Waals surface area contributed by atoms with Crippen molar-refractivity contribution < 1.29 is 4.79 Å². The van der Waals surface area contributed by atoms with E-state index in [-0.39, 0.29) is 5.91 Å². The SMILES string of the molecule is CNC(CSC)c1ccc2c(c1)CCC(=O)N2. The third kappa shape index (κ3) is 2.82. The second-order valence-electron chi connectivity index (χ2n) is 4.26. The van der Waals surface area contributed by atoms with Gasteiger partial charge in [0.05, 0.1) is 0 Å². The van der Waals surface area contributed by atoms with Crippen molar-refractivity contribution in [2.24, 2.45) is 0 Å². The maximum absolute atomic E-state index is 11.3. The molecule has 0 aliphatic carbocycles. The number of amides is 1. The van der Waals surface area contributed by atoms with E-state index in [0.717, 1.165) is 17.9 Å². The number of rotatable bonds is 4. The Balaban J connectivity index is 2.23. The lowest BCUT2D eigenvalue weighted by Gasteiger charge is -2.21. The van der Waals surface area contributed by atoms with E-state index in [9.17, 15) is 4.79 Å². The van der Waals surface area contributed by atoms with E-state index in [0.29, 0.717) is 12.5 Å². The van der Waals surface area contributed by atoms with Crippen LogP contribution in [0.2, 0.25) is 0 Å². The lowest BCUT2D eigenvalue weighted by molar-refractivity contribution is -0.116. The molecule has 1 aliphatic rings. The van der Waals surface area contributed by atoms with Crippen LogP contribution in [0.15, 0.2) is 18.2 Å². The van der Waals surface area contributed by atoms with Crippen LogP contribution < -0.4 is 10.6 Å². The van der Waals surface area contributed by atoms with Gasteiger partial charge in [-0.15, -0.1) is 0 Å². The molecule has 0 aromatic heterocycles.